The van der Waals surface area contributed by atoms with Crippen molar-refractivity contribution in [2.45, 2.75) is 25.7 Å². The maximum atomic E-state index is 12.9. The highest BCUT2D eigenvalue weighted by atomic mass is 16.5. The van der Waals surface area contributed by atoms with Crippen LogP contribution in [0.1, 0.15) is 34.3 Å². The Morgan fingerprint density at radius 3 is 2.63 bits per heavy atom. The van der Waals surface area contributed by atoms with Crippen LogP contribution in [0.2, 0.25) is 0 Å². The summed E-state index contributed by atoms with van der Waals surface area (Å²) < 4.78 is 11.5. The molecule has 162 valence electrons. The van der Waals surface area contributed by atoms with Crippen molar-refractivity contribution < 1.29 is 19.0 Å². The summed E-state index contributed by atoms with van der Waals surface area (Å²) in [6, 6.07) is 7.48. The second-order valence-electron chi connectivity index (χ2n) is 7.74. The number of rotatable bonds is 10. The molecule has 0 unspecified atom stereocenters. The molecular formula is C23H31N3O4. The quantitative estimate of drug-likeness (QED) is 0.442. The fraction of sp³-hybridized carbons (Fsp3) is 0.478. The molecular weight excluding hydrogens is 382 g/mol. The van der Waals surface area contributed by atoms with E-state index in [4.69, 9.17) is 9.47 Å². The molecule has 0 bridgehead atoms. The van der Waals surface area contributed by atoms with E-state index in [9.17, 15) is 10.0 Å². The molecule has 1 aromatic carbocycles. The van der Waals surface area contributed by atoms with E-state index >= 15 is 0 Å². The van der Waals surface area contributed by atoms with Gasteiger partial charge in [0.1, 0.15) is 0 Å². The second-order valence-corrected chi connectivity index (χ2v) is 7.74. The summed E-state index contributed by atoms with van der Waals surface area (Å²) in [5.41, 5.74) is 2.79. The molecule has 0 radical (unpaired) electrons. The van der Waals surface area contributed by atoms with E-state index in [1.807, 2.05) is 17.0 Å². The number of fused-ring (bicyclic) bond motifs is 1. The number of methoxy groups -OCH3 is 2. The number of ether oxygens (including phenoxy) is 2. The van der Waals surface area contributed by atoms with Crippen LogP contribution in [0.25, 0.3) is 0 Å². The van der Waals surface area contributed by atoms with Crippen LogP contribution in [0.3, 0.4) is 0 Å². The van der Waals surface area contributed by atoms with Crippen LogP contribution in [0, 0.1) is 5.21 Å². The topological polar surface area (TPSA) is 69.0 Å². The minimum absolute atomic E-state index is 0.0647. The normalized spacial score (nSPS) is 13.5. The Kier molecular flexibility index (Phi) is 7.52. The standard InChI is InChI=1S/C23H31N3O4/c1-24(10-4-7-18-8-5-13-26(28)17-18)11-6-12-25-14-9-19-15-21(29-2)22(30-3)16-20(19)23(25)27/h5,8,13,15-17H,4,6-7,9-12,14H2,1-3H3. The average Bonchev–Trinajstić information content (AvgIpc) is 2.74. The summed E-state index contributed by atoms with van der Waals surface area (Å²) in [4.78, 5) is 17.1. The maximum absolute atomic E-state index is 12.9. The summed E-state index contributed by atoms with van der Waals surface area (Å²) >= 11 is 0. The highest BCUT2D eigenvalue weighted by Crippen LogP contribution is 2.33. The molecule has 0 spiro atoms. The van der Waals surface area contributed by atoms with Crippen molar-refractivity contribution in [2.24, 2.45) is 0 Å². The monoisotopic (exact) mass is 413 g/mol. The van der Waals surface area contributed by atoms with Gasteiger partial charge in [0.15, 0.2) is 23.9 Å². The number of aryl methyl sites for hydroxylation is 1. The lowest BCUT2D eigenvalue weighted by Gasteiger charge is -2.30. The Morgan fingerprint density at radius 1 is 1.17 bits per heavy atom. The molecule has 0 N–H and O–H groups in total. The second kappa shape index (κ2) is 10.3. The van der Waals surface area contributed by atoms with Crippen LogP contribution < -0.4 is 14.2 Å². The molecule has 1 amide bonds. The van der Waals surface area contributed by atoms with Crippen LogP contribution in [0.5, 0.6) is 11.5 Å². The first-order chi connectivity index (χ1) is 14.5. The van der Waals surface area contributed by atoms with Crippen molar-refractivity contribution in [2.75, 3.05) is 47.4 Å². The largest absolute Gasteiger partial charge is 0.619 e. The highest BCUT2D eigenvalue weighted by Gasteiger charge is 2.26. The number of amides is 1. The summed E-state index contributed by atoms with van der Waals surface area (Å²) in [6.07, 6.45) is 6.77. The third-order valence-electron chi connectivity index (χ3n) is 5.59. The zero-order valence-corrected chi connectivity index (χ0v) is 18.1. The van der Waals surface area contributed by atoms with Gasteiger partial charge in [-0.2, -0.15) is 4.73 Å². The van der Waals surface area contributed by atoms with Gasteiger partial charge in [-0.25, -0.2) is 0 Å². The van der Waals surface area contributed by atoms with E-state index in [1.165, 1.54) is 6.20 Å². The first-order valence-electron chi connectivity index (χ1n) is 10.4. The van der Waals surface area contributed by atoms with Crippen molar-refractivity contribution in [3.63, 3.8) is 0 Å². The lowest BCUT2D eigenvalue weighted by atomic mass is 9.98. The molecule has 3 rings (SSSR count). The van der Waals surface area contributed by atoms with Gasteiger partial charge in [0.25, 0.3) is 5.91 Å². The van der Waals surface area contributed by atoms with Gasteiger partial charge in [-0.15, -0.1) is 0 Å². The van der Waals surface area contributed by atoms with Crippen LogP contribution in [-0.2, 0) is 12.8 Å². The minimum atomic E-state index is 0.0647. The number of nitrogens with zero attached hydrogens (tertiary/aromatic N) is 3. The summed E-state index contributed by atoms with van der Waals surface area (Å²) in [5, 5.41) is 11.3. The van der Waals surface area contributed by atoms with Crippen LogP contribution in [0.15, 0.2) is 36.7 Å². The fourth-order valence-electron chi connectivity index (χ4n) is 3.91. The molecule has 1 aromatic heterocycles. The van der Waals surface area contributed by atoms with Crippen molar-refractivity contribution in [1.29, 1.82) is 0 Å². The molecule has 0 aliphatic carbocycles. The number of aromatic nitrogens is 1. The first-order valence-corrected chi connectivity index (χ1v) is 10.4. The van der Waals surface area contributed by atoms with E-state index < -0.39 is 0 Å². The lowest BCUT2D eigenvalue weighted by molar-refractivity contribution is -0.605. The number of hydrogen-bond donors (Lipinski definition) is 0. The van der Waals surface area contributed by atoms with E-state index in [2.05, 4.69) is 11.9 Å². The molecule has 30 heavy (non-hydrogen) atoms. The number of pyridine rings is 1. The van der Waals surface area contributed by atoms with E-state index in [-0.39, 0.29) is 5.91 Å². The number of carbonyl (C=O) groups is 1. The van der Waals surface area contributed by atoms with Crippen LogP contribution >= 0.6 is 0 Å². The van der Waals surface area contributed by atoms with Gasteiger partial charge < -0.3 is 24.5 Å². The number of hydrogen-bond acceptors (Lipinski definition) is 5. The molecule has 7 nitrogen and oxygen atoms in total. The molecule has 7 heteroatoms. The lowest BCUT2D eigenvalue weighted by Crippen LogP contribution is -2.39. The Balaban J connectivity index is 1.44. The van der Waals surface area contributed by atoms with Gasteiger partial charge in [-0.3, -0.25) is 4.79 Å². The molecule has 2 aromatic rings. The fourth-order valence-corrected chi connectivity index (χ4v) is 3.91. The molecule has 0 saturated carbocycles. The highest BCUT2D eigenvalue weighted by molar-refractivity contribution is 5.97. The van der Waals surface area contributed by atoms with Gasteiger partial charge in [-0.05, 0) is 69.6 Å². The van der Waals surface area contributed by atoms with Gasteiger partial charge in [0, 0.05) is 30.3 Å². The van der Waals surface area contributed by atoms with Gasteiger partial charge in [0.2, 0.25) is 0 Å². The predicted octanol–water partition coefficient (Wildman–Crippen LogP) is 2.29. The average molecular weight is 414 g/mol. The van der Waals surface area contributed by atoms with Crippen molar-refractivity contribution >= 4 is 5.91 Å². The van der Waals surface area contributed by atoms with Gasteiger partial charge in [-0.1, -0.05) is 0 Å². The molecule has 2 heterocycles. The smallest absolute Gasteiger partial charge is 0.254 e. The summed E-state index contributed by atoms with van der Waals surface area (Å²) in [5.74, 6) is 1.32. The zero-order chi connectivity index (χ0) is 21.5. The minimum Gasteiger partial charge on any atom is -0.619 e. The summed E-state index contributed by atoms with van der Waals surface area (Å²) in [7, 11) is 5.29. The van der Waals surface area contributed by atoms with Gasteiger partial charge in [0.05, 0.1) is 14.2 Å². The zero-order valence-electron chi connectivity index (χ0n) is 18.1. The molecule has 1 aliphatic rings. The van der Waals surface area contributed by atoms with Crippen molar-refractivity contribution in [1.82, 2.24) is 9.80 Å². The maximum Gasteiger partial charge on any atom is 0.254 e. The van der Waals surface area contributed by atoms with Crippen LogP contribution in [-0.4, -0.2) is 63.2 Å². The SMILES string of the molecule is COc1cc2c(cc1OC)C(=O)N(CCCN(C)CCCc1ccc[n+]([O-])c1)CC2. The van der Waals surface area contributed by atoms with E-state index in [0.717, 1.165) is 67.7 Å². The predicted molar refractivity (Wildman–Crippen MR) is 115 cm³/mol. The molecule has 1 aliphatic heterocycles. The van der Waals surface area contributed by atoms with E-state index in [1.54, 1.807) is 32.5 Å². The van der Waals surface area contributed by atoms with Crippen molar-refractivity contribution in [3.05, 3.63) is 58.6 Å². The molecule has 0 fully saturated rings. The van der Waals surface area contributed by atoms with Crippen molar-refractivity contribution in [3.8, 4) is 11.5 Å². The summed E-state index contributed by atoms with van der Waals surface area (Å²) in [6.45, 7) is 3.36. The third-order valence-corrected chi connectivity index (χ3v) is 5.59. The third kappa shape index (κ3) is 5.42. The first kappa shape index (κ1) is 21.9. The number of carbonyl (C=O) groups excluding carboxylic acids is 1. The Bertz CT molecular complexity index is 872. The Hall–Kier alpha value is -2.80. The Morgan fingerprint density at radius 2 is 1.90 bits per heavy atom. The number of benzene rings is 1. The van der Waals surface area contributed by atoms with Gasteiger partial charge >= 0.3 is 0 Å². The Labute approximate surface area is 178 Å². The van der Waals surface area contributed by atoms with E-state index in [0.29, 0.717) is 17.1 Å². The van der Waals surface area contributed by atoms with Crippen LogP contribution in [0.4, 0.5) is 0 Å². The molecule has 0 atom stereocenters. The molecule has 0 saturated heterocycles.